The number of hydrogen-bond donors (Lipinski definition) is 2. The first-order chi connectivity index (χ1) is 13.1. The lowest BCUT2D eigenvalue weighted by atomic mass is 10.1. The van der Waals surface area contributed by atoms with E-state index in [2.05, 4.69) is 0 Å². The molecule has 2 N–H and O–H groups in total. The number of halogens is 4. The minimum absolute atomic E-state index is 0.0573. The van der Waals surface area contributed by atoms with Gasteiger partial charge in [0, 0.05) is 10.6 Å². The molecule has 0 radical (unpaired) electrons. The van der Waals surface area contributed by atoms with Crippen molar-refractivity contribution in [3.05, 3.63) is 64.7 Å². The van der Waals surface area contributed by atoms with Gasteiger partial charge in [0.1, 0.15) is 0 Å². The van der Waals surface area contributed by atoms with E-state index in [1.165, 1.54) is 49.4 Å². The molecule has 0 bridgehead atoms. The highest BCUT2D eigenvalue weighted by Gasteiger charge is 2.69. The standard InChI is InChI=1S/C18H13ClF3N3O3/c1-10-4-2-3-5-13(10)14(26)23-17(18(20,21)22)15(27)25(16(28)24-17)12-8-6-11(19)7-9-12/h2-9H,1H3,(H,23,26)(H,24,28)/t17-/m0/s1. The maximum Gasteiger partial charge on any atom is 0.440 e. The summed E-state index contributed by atoms with van der Waals surface area (Å²) in [5.74, 6) is -2.82. The molecule has 0 unspecified atom stereocenters. The number of amides is 4. The summed E-state index contributed by atoms with van der Waals surface area (Å²) in [6.07, 6.45) is -5.29. The molecule has 0 aromatic heterocycles. The van der Waals surface area contributed by atoms with Gasteiger partial charge in [-0.15, -0.1) is 0 Å². The third-order valence-corrected chi connectivity index (χ3v) is 4.47. The van der Waals surface area contributed by atoms with E-state index in [0.717, 1.165) is 0 Å². The van der Waals surface area contributed by atoms with E-state index in [-0.39, 0.29) is 16.3 Å². The van der Waals surface area contributed by atoms with E-state index in [9.17, 15) is 27.6 Å². The predicted octanol–water partition coefficient (Wildman–Crippen LogP) is 3.39. The number of hydrogen-bond acceptors (Lipinski definition) is 3. The van der Waals surface area contributed by atoms with Crippen LogP contribution in [-0.2, 0) is 4.79 Å². The molecule has 4 amide bonds. The number of nitrogens with zero attached hydrogens (tertiary/aromatic N) is 1. The van der Waals surface area contributed by atoms with E-state index in [0.29, 0.717) is 10.5 Å². The van der Waals surface area contributed by atoms with E-state index in [4.69, 9.17) is 11.6 Å². The highest BCUT2D eigenvalue weighted by atomic mass is 35.5. The summed E-state index contributed by atoms with van der Waals surface area (Å²) in [5, 5.41) is 3.52. The molecule has 3 rings (SSSR count). The average molecular weight is 412 g/mol. The molecule has 1 heterocycles. The summed E-state index contributed by atoms with van der Waals surface area (Å²) in [4.78, 5) is 37.7. The maximum atomic E-state index is 13.9. The highest BCUT2D eigenvalue weighted by Crippen LogP contribution is 2.36. The van der Waals surface area contributed by atoms with Crippen molar-refractivity contribution in [2.45, 2.75) is 18.8 Å². The van der Waals surface area contributed by atoms with Gasteiger partial charge in [-0.2, -0.15) is 13.2 Å². The topological polar surface area (TPSA) is 78.5 Å². The van der Waals surface area contributed by atoms with Crippen LogP contribution in [0.5, 0.6) is 0 Å². The lowest BCUT2D eigenvalue weighted by Crippen LogP contribution is -2.69. The van der Waals surface area contributed by atoms with Gasteiger partial charge >= 0.3 is 12.2 Å². The predicted molar refractivity (Wildman–Crippen MR) is 94.9 cm³/mol. The molecule has 1 aliphatic heterocycles. The average Bonchev–Trinajstić information content (AvgIpc) is 2.87. The van der Waals surface area contributed by atoms with Crippen molar-refractivity contribution >= 4 is 35.1 Å². The molecule has 0 aliphatic carbocycles. The van der Waals surface area contributed by atoms with Crippen molar-refractivity contribution in [2.75, 3.05) is 4.90 Å². The third-order valence-electron chi connectivity index (χ3n) is 4.22. The molecule has 28 heavy (non-hydrogen) atoms. The number of benzene rings is 2. The summed E-state index contributed by atoms with van der Waals surface area (Å²) >= 11 is 5.73. The zero-order chi connectivity index (χ0) is 20.7. The number of carbonyl (C=O) groups is 3. The molecule has 2 aromatic carbocycles. The fraction of sp³-hybridized carbons (Fsp3) is 0.167. The SMILES string of the molecule is Cc1ccccc1C(=O)N[C@]1(C(F)(F)F)NC(=O)N(c2ccc(Cl)cc2)C1=O. The summed E-state index contributed by atoms with van der Waals surface area (Å²) in [6.45, 7) is 1.53. The Kier molecular flexibility index (Phi) is 4.80. The largest absolute Gasteiger partial charge is 0.440 e. The van der Waals surface area contributed by atoms with Gasteiger partial charge in [-0.3, -0.25) is 14.9 Å². The van der Waals surface area contributed by atoms with Crippen molar-refractivity contribution in [2.24, 2.45) is 0 Å². The summed E-state index contributed by atoms with van der Waals surface area (Å²) in [5.41, 5.74) is -3.37. The Morgan fingerprint density at radius 2 is 1.71 bits per heavy atom. The minimum Gasteiger partial charge on any atom is -0.314 e. The second kappa shape index (κ2) is 6.83. The van der Waals surface area contributed by atoms with Gasteiger partial charge in [-0.05, 0) is 42.8 Å². The van der Waals surface area contributed by atoms with Crippen LogP contribution in [0, 0.1) is 6.92 Å². The number of alkyl halides is 3. The Labute approximate surface area is 162 Å². The van der Waals surface area contributed by atoms with Gasteiger partial charge < -0.3 is 5.32 Å². The Hall–Kier alpha value is -3.07. The quantitative estimate of drug-likeness (QED) is 0.760. The number of carbonyl (C=O) groups excluding carboxylic acids is 3. The van der Waals surface area contributed by atoms with Crippen molar-refractivity contribution in [1.82, 2.24) is 10.6 Å². The van der Waals surface area contributed by atoms with Crippen molar-refractivity contribution < 1.29 is 27.6 Å². The van der Waals surface area contributed by atoms with E-state index >= 15 is 0 Å². The minimum atomic E-state index is -5.29. The monoisotopic (exact) mass is 411 g/mol. The molecule has 1 fully saturated rings. The molecule has 10 heteroatoms. The molecule has 0 saturated carbocycles. The number of nitrogens with one attached hydrogen (secondary N) is 2. The van der Waals surface area contributed by atoms with Crippen LogP contribution in [0.3, 0.4) is 0 Å². The Balaban J connectivity index is 2.02. The van der Waals surface area contributed by atoms with Crippen LogP contribution >= 0.6 is 11.6 Å². The Bertz CT molecular complexity index is 963. The molecule has 6 nitrogen and oxygen atoms in total. The zero-order valence-corrected chi connectivity index (χ0v) is 15.1. The van der Waals surface area contributed by atoms with Gasteiger partial charge in [0.2, 0.25) is 0 Å². The molecule has 1 atom stereocenters. The second-order valence-corrected chi connectivity index (χ2v) is 6.50. The van der Waals surface area contributed by atoms with E-state index < -0.39 is 29.7 Å². The molecule has 1 aliphatic rings. The number of imide groups is 1. The lowest BCUT2D eigenvalue weighted by Gasteiger charge is -2.30. The number of urea groups is 1. The molecular formula is C18H13ClF3N3O3. The van der Waals surface area contributed by atoms with Crippen LogP contribution in [0.25, 0.3) is 0 Å². The molecule has 2 aromatic rings. The van der Waals surface area contributed by atoms with Crippen LogP contribution in [0.4, 0.5) is 23.7 Å². The maximum absolute atomic E-state index is 13.9. The van der Waals surface area contributed by atoms with E-state index in [1.807, 2.05) is 0 Å². The molecule has 1 saturated heterocycles. The number of rotatable bonds is 3. The van der Waals surface area contributed by atoms with Gasteiger partial charge in [0.05, 0.1) is 5.69 Å². The number of aryl methyl sites for hydroxylation is 1. The van der Waals surface area contributed by atoms with E-state index in [1.54, 1.807) is 16.7 Å². The van der Waals surface area contributed by atoms with Crippen LogP contribution in [-0.4, -0.2) is 29.7 Å². The summed E-state index contributed by atoms with van der Waals surface area (Å²) in [7, 11) is 0. The first-order valence-electron chi connectivity index (χ1n) is 7.94. The normalized spacial score (nSPS) is 19.5. The van der Waals surface area contributed by atoms with Crippen molar-refractivity contribution in [3.63, 3.8) is 0 Å². The zero-order valence-electron chi connectivity index (χ0n) is 14.3. The molecule has 0 spiro atoms. The third kappa shape index (κ3) is 3.18. The van der Waals surface area contributed by atoms with Crippen molar-refractivity contribution in [3.8, 4) is 0 Å². The van der Waals surface area contributed by atoms with Gasteiger partial charge in [0.15, 0.2) is 0 Å². The second-order valence-electron chi connectivity index (χ2n) is 6.06. The van der Waals surface area contributed by atoms with Crippen LogP contribution < -0.4 is 15.5 Å². The van der Waals surface area contributed by atoms with Gasteiger partial charge in [-0.1, -0.05) is 29.8 Å². The van der Waals surface area contributed by atoms with Gasteiger partial charge in [0.25, 0.3) is 17.5 Å². The van der Waals surface area contributed by atoms with Crippen molar-refractivity contribution in [1.29, 1.82) is 0 Å². The van der Waals surface area contributed by atoms with Crippen LogP contribution in [0.2, 0.25) is 5.02 Å². The Morgan fingerprint density at radius 1 is 1.11 bits per heavy atom. The molecule has 146 valence electrons. The number of anilines is 1. The lowest BCUT2D eigenvalue weighted by molar-refractivity contribution is -0.197. The van der Waals surface area contributed by atoms with Crippen LogP contribution in [0.15, 0.2) is 48.5 Å². The summed E-state index contributed by atoms with van der Waals surface area (Å²) < 4.78 is 41.6. The van der Waals surface area contributed by atoms with Gasteiger partial charge in [-0.25, -0.2) is 9.69 Å². The Morgan fingerprint density at radius 3 is 2.29 bits per heavy atom. The first-order valence-corrected chi connectivity index (χ1v) is 8.32. The van der Waals surface area contributed by atoms with Crippen LogP contribution in [0.1, 0.15) is 15.9 Å². The fourth-order valence-corrected chi connectivity index (χ4v) is 2.89. The summed E-state index contributed by atoms with van der Waals surface area (Å²) in [6, 6.07) is 9.67. The highest BCUT2D eigenvalue weighted by molar-refractivity contribution is 6.31. The fourth-order valence-electron chi connectivity index (χ4n) is 2.77. The smallest absolute Gasteiger partial charge is 0.314 e. The molecular weight excluding hydrogens is 399 g/mol. The first kappa shape index (κ1) is 19.7.